The Kier molecular flexibility index (Phi) is 36.7. The fourth-order valence-electron chi connectivity index (χ4n) is 12.1. The minimum atomic E-state index is -4.40. The summed E-state index contributed by atoms with van der Waals surface area (Å²) in [6.45, 7) is 14.8. The van der Waals surface area contributed by atoms with E-state index in [0.29, 0.717) is 18.8 Å². The van der Waals surface area contributed by atoms with Gasteiger partial charge < -0.3 is 66.1 Å². The van der Waals surface area contributed by atoms with Crippen LogP contribution in [0.15, 0.2) is 170 Å². The van der Waals surface area contributed by atoms with Crippen molar-refractivity contribution in [3.05, 3.63) is 226 Å². The van der Waals surface area contributed by atoms with Crippen molar-refractivity contribution in [3.63, 3.8) is 0 Å². The molecule has 5 amide bonds. The average molecular weight is 1490 g/mol. The Balaban J connectivity index is 0.000000306. The lowest BCUT2D eigenvalue weighted by atomic mass is 9.86. The monoisotopic (exact) mass is 1490 g/mol. The number of nitrogens with one attached hydrogen (secondary N) is 5. The van der Waals surface area contributed by atoms with Crippen LogP contribution in [0.3, 0.4) is 0 Å². The first-order chi connectivity index (χ1) is 51.2. The number of ketones is 1. The fraction of sp³-hybridized carbons (Fsp3) is 0.410. The van der Waals surface area contributed by atoms with Crippen LogP contribution in [-0.4, -0.2) is 142 Å². The van der Waals surface area contributed by atoms with Gasteiger partial charge in [0.15, 0.2) is 5.78 Å². The smallest absolute Gasteiger partial charge is 0.411 e. The third kappa shape index (κ3) is 28.2. The summed E-state index contributed by atoms with van der Waals surface area (Å²) in [7, 11) is 4.56. The number of carboxylic acids is 1. The number of H-pyrrole nitrogens is 2. The molecule has 2 aromatic heterocycles. The third-order valence-electron chi connectivity index (χ3n) is 18.8. The number of nitrogens with zero attached hydrogens (tertiary/aromatic N) is 3. The highest BCUT2D eigenvalue weighted by atomic mass is 19.4. The van der Waals surface area contributed by atoms with Gasteiger partial charge in [0, 0.05) is 99.0 Å². The SMILES string of the molecule is CC(C)CCC=O.COC(C)CCC(CC(=O)[C@H](Cc1c[nH]c2ccccc12)NC(=O)[C@H](C)N(C)C(=O)OCc1ccccc1)C(=O)N[C@@H]1CCCc2ccccc21.C[C@@H](C(=O)N[C@@H](Cc1c[nH]c2ccccc12)C(=O)O)N(C)C(=O)OCc1ccccc1.N.OCC(F)(F)F.[C-]#[N+][C@@H]1CCCc2ccccc21. The maximum atomic E-state index is 14.3. The van der Waals surface area contributed by atoms with Gasteiger partial charge >= 0.3 is 24.3 Å². The number of fused-ring (bicyclic) bond motifs is 4. The molecule has 8 atom stereocenters. The van der Waals surface area contributed by atoms with Crippen LogP contribution in [0.4, 0.5) is 22.8 Å². The number of carboxylic acid groups (broad SMARTS) is 1. The van der Waals surface area contributed by atoms with Crippen LogP contribution in [0, 0.1) is 18.4 Å². The van der Waals surface area contributed by atoms with E-state index in [9.17, 15) is 56.6 Å². The Morgan fingerprint density at radius 3 is 1.53 bits per heavy atom. The molecular weight excluding hydrogens is 1390 g/mol. The van der Waals surface area contributed by atoms with Crippen molar-refractivity contribution in [1.29, 1.82) is 0 Å². The maximum absolute atomic E-state index is 14.3. The zero-order valence-corrected chi connectivity index (χ0v) is 62.8. The number of aliphatic hydroxyl groups excluding tert-OH is 1. The number of methoxy groups -OCH3 is 1. The third-order valence-corrected chi connectivity index (χ3v) is 18.8. The molecule has 0 saturated heterocycles. The van der Waals surface area contributed by atoms with Gasteiger partial charge in [0.1, 0.15) is 44.2 Å². The van der Waals surface area contributed by atoms with E-state index in [1.165, 1.54) is 49.0 Å². The molecule has 8 aromatic rings. The molecular formula is C83H104F3N9O13. The zero-order valence-electron chi connectivity index (χ0n) is 62.8. The topological polar surface area (TPSA) is 318 Å². The van der Waals surface area contributed by atoms with Crippen LogP contribution < -0.4 is 22.1 Å². The second-order valence-electron chi connectivity index (χ2n) is 27.0. The highest BCUT2D eigenvalue weighted by Gasteiger charge is 2.35. The summed E-state index contributed by atoms with van der Waals surface area (Å²) < 4.78 is 47.8. The number of halogens is 3. The van der Waals surface area contributed by atoms with Crippen LogP contribution in [0.2, 0.25) is 0 Å². The Labute approximate surface area is 630 Å². The van der Waals surface area contributed by atoms with Crippen molar-refractivity contribution in [2.24, 2.45) is 11.8 Å². The Hall–Kier alpha value is -10.7. The summed E-state index contributed by atoms with van der Waals surface area (Å²) >= 11 is 0. The Morgan fingerprint density at radius 1 is 0.620 bits per heavy atom. The molecule has 580 valence electrons. The predicted octanol–water partition coefficient (Wildman–Crippen LogP) is 14.7. The number of carbonyl (C=O) groups is 8. The number of rotatable bonds is 27. The molecule has 10 N–H and O–H groups in total. The van der Waals surface area contributed by atoms with E-state index in [4.69, 9.17) is 25.9 Å². The van der Waals surface area contributed by atoms with Crippen molar-refractivity contribution in [2.45, 2.75) is 180 Å². The summed E-state index contributed by atoms with van der Waals surface area (Å²) in [6.07, 6.45) is 7.92. The standard InChI is InChI=1S/C41H50N4O6.C23H25N3O5.C11H11N.C6H12O.C2H3F3O.H3N/c1-27(50-4)21-22-31(40(48)43-36-20-12-16-30-15-8-9-17-33(30)36)24-38(46)37(23-32-25-42-35-19-11-10-18-34(32)35)44-39(47)28(2)45(3)41(49)51-26-29-13-6-5-7-14-29;1-15(26(2)23(30)31-14-16-8-4-3-5-9-16)21(27)25-20(22(28)29)12-17-13-24-19-11-7-6-10-18(17)19;1-12-11-8-4-6-9-5-2-3-7-10(9)11;1-6(2)4-3-5-7;3-2(4,5)1-6;/h5-11,13-15,17-19,25,27-28,31,36-37,42H,12,16,20-24,26H2,1-4H3,(H,43,48)(H,44,47);3-11,13,15,20,24H,12,14H2,1-2H3,(H,25,27)(H,28,29);2-3,5,7,11H,4,6,8H2;5-6H,3-4H2,1-2H3;6H,1H2;1H3/t27?,28-,31?,36+,37-;15-,20-;11-;;;/m001.../s1. The number of Topliss-reactive ketones (excluding diaryl/α,β-unsaturated/α-hetero) is 1. The number of benzene rings is 6. The normalized spacial score (nSPS) is 15.0. The van der Waals surface area contributed by atoms with Crippen molar-refractivity contribution >= 4 is 69.8 Å². The van der Waals surface area contributed by atoms with E-state index in [2.05, 4.69) is 74.9 Å². The predicted molar refractivity (Wildman–Crippen MR) is 409 cm³/mol. The Morgan fingerprint density at radius 2 is 1.06 bits per heavy atom. The lowest BCUT2D eigenvalue weighted by Crippen LogP contribution is -2.52. The van der Waals surface area contributed by atoms with Gasteiger partial charge in [-0.05, 0) is 129 Å². The first-order valence-corrected chi connectivity index (χ1v) is 36.1. The van der Waals surface area contributed by atoms with Crippen LogP contribution in [0.5, 0.6) is 0 Å². The van der Waals surface area contributed by atoms with Crippen LogP contribution in [-0.2, 0) is 81.9 Å². The molecule has 2 heterocycles. The second kappa shape index (κ2) is 45.1. The molecule has 0 saturated carbocycles. The van der Waals surface area contributed by atoms with E-state index in [0.717, 1.165) is 106 Å². The average Bonchev–Trinajstić information content (AvgIpc) is 1.60. The summed E-state index contributed by atoms with van der Waals surface area (Å²) in [5.74, 6) is -2.62. The molecule has 0 bridgehead atoms. The number of aryl methyl sites for hydroxylation is 2. The minimum absolute atomic E-state index is 0. The van der Waals surface area contributed by atoms with E-state index in [1.807, 2.05) is 141 Å². The van der Waals surface area contributed by atoms with Crippen LogP contribution in [0.25, 0.3) is 26.7 Å². The van der Waals surface area contributed by atoms with Gasteiger partial charge in [0.25, 0.3) is 0 Å². The first kappa shape index (κ1) is 88.0. The summed E-state index contributed by atoms with van der Waals surface area (Å²) in [5.41, 5.74) is 10.1. The van der Waals surface area contributed by atoms with E-state index in [1.54, 1.807) is 20.2 Å². The number of aromatic amines is 2. The number of hydrogen-bond acceptors (Lipinski definition) is 13. The number of aliphatic carboxylic acids is 1. The lowest BCUT2D eigenvalue weighted by Gasteiger charge is -2.29. The number of ether oxygens (including phenoxy) is 3. The Bertz CT molecular complexity index is 4180. The number of aldehydes is 1. The molecule has 0 aliphatic heterocycles. The largest absolute Gasteiger partial charge is 0.480 e. The highest BCUT2D eigenvalue weighted by Crippen LogP contribution is 2.33. The molecule has 10 rings (SSSR count). The molecule has 0 spiro atoms. The van der Waals surface area contributed by atoms with Gasteiger partial charge in [-0.1, -0.05) is 159 Å². The lowest BCUT2D eigenvalue weighted by molar-refractivity contribution is -0.159. The van der Waals surface area contributed by atoms with Crippen molar-refractivity contribution in [3.8, 4) is 0 Å². The molecule has 6 aromatic carbocycles. The number of aromatic nitrogens is 2. The van der Waals surface area contributed by atoms with Gasteiger partial charge in [-0.3, -0.25) is 29.0 Å². The molecule has 2 aliphatic carbocycles. The second-order valence-corrected chi connectivity index (χ2v) is 27.0. The number of amides is 5. The molecule has 0 radical (unpaired) electrons. The van der Waals surface area contributed by atoms with Crippen LogP contribution in [0.1, 0.15) is 149 Å². The molecule has 22 nitrogen and oxygen atoms in total. The number of aliphatic hydroxyl groups is 1. The van der Waals surface area contributed by atoms with Crippen molar-refractivity contribution < 1.29 is 76.0 Å². The summed E-state index contributed by atoms with van der Waals surface area (Å²) in [4.78, 5) is 114. The summed E-state index contributed by atoms with van der Waals surface area (Å²) in [5, 5.41) is 27.4. The van der Waals surface area contributed by atoms with E-state index in [-0.39, 0.29) is 68.5 Å². The first-order valence-electron chi connectivity index (χ1n) is 36.1. The molecule has 0 fully saturated rings. The van der Waals surface area contributed by atoms with E-state index < -0.39 is 72.8 Å². The highest BCUT2D eigenvalue weighted by molar-refractivity contribution is 5.95. The maximum Gasteiger partial charge on any atom is 0.411 e. The fourth-order valence-corrected chi connectivity index (χ4v) is 12.1. The molecule has 108 heavy (non-hydrogen) atoms. The van der Waals surface area contributed by atoms with Gasteiger partial charge in [-0.2, -0.15) is 13.2 Å². The van der Waals surface area contributed by atoms with Crippen molar-refractivity contribution in [2.75, 3.05) is 27.8 Å². The number of alkyl halides is 3. The number of likely N-dealkylation sites (N-methyl/N-ethyl adjacent to an activating group) is 2. The minimum Gasteiger partial charge on any atom is -0.480 e. The zero-order chi connectivity index (χ0) is 78.0. The molecule has 25 heteroatoms. The van der Waals surface area contributed by atoms with Gasteiger partial charge in [0.05, 0.1) is 18.2 Å². The number of hydrogen-bond donors (Lipinski definition) is 8. The quantitative estimate of drug-likeness (QED) is 0.0175. The number of para-hydroxylation sites is 2. The number of carbonyl (C=O) groups excluding carboxylic acids is 7. The van der Waals surface area contributed by atoms with Gasteiger partial charge in [0.2, 0.25) is 23.8 Å². The molecule has 2 aliphatic rings. The van der Waals surface area contributed by atoms with Gasteiger partial charge in [-0.15, -0.1) is 0 Å². The van der Waals surface area contributed by atoms with E-state index >= 15 is 0 Å². The van der Waals surface area contributed by atoms with Crippen LogP contribution >= 0.6 is 0 Å². The van der Waals surface area contributed by atoms with Crippen molar-refractivity contribution in [1.82, 2.24) is 41.9 Å². The summed E-state index contributed by atoms with van der Waals surface area (Å²) in [6, 6.07) is 46.4. The molecule has 2 unspecified atom stereocenters. The van der Waals surface area contributed by atoms with Gasteiger partial charge in [-0.25, -0.2) is 21.0 Å².